The van der Waals surface area contributed by atoms with Crippen LogP contribution in [0, 0.1) is 0 Å². The minimum absolute atomic E-state index is 0.0888. The Kier molecular flexibility index (Phi) is 6.93. The van der Waals surface area contributed by atoms with E-state index >= 15 is 0 Å². The molecule has 0 fully saturated rings. The highest BCUT2D eigenvalue weighted by Crippen LogP contribution is 2.35. The number of aromatic amines is 1. The number of benzene rings is 2. The molecule has 1 N–H and O–H groups in total. The summed E-state index contributed by atoms with van der Waals surface area (Å²) in [6.45, 7) is 2.81. The Hall–Kier alpha value is -3.71. The number of ether oxygens (including phenoxy) is 1. The molecular weight excluding hydrogens is 426 g/mol. The van der Waals surface area contributed by atoms with Gasteiger partial charge in [0.15, 0.2) is 5.65 Å². The molecule has 2 aromatic carbocycles. The molecule has 0 aliphatic heterocycles. The lowest BCUT2D eigenvalue weighted by Gasteiger charge is -2.28. The second kappa shape index (κ2) is 10.1. The van der Waals surface area contributed by atoms with Crippen LogP contribution in [0.4, 0.5) is 0 Å². The Morgan fingerprint density at radius 3 is 2.59 bits per heavy atom. The Bertz CT molecular complexity index is 1300. The number of likely N-dealkylation sites (N-methyl/N-ethyl adjacent to an activating group) is 2. The summed E-state index contributed by atoms with van der Waals surface area (Å²) in [6, 6.07) is 17.7. The van der Waals surface area contributed by atoms with Crippen LogP contribution in [0.3, 0.4) is 0 Å². The van der Waals surface area contributed by atoms with E-state index in [-0.39, 0.29) is 11.9 Å². The lowest BCUT2D eigenvalue weighted by Crippen LogP contribution is -2.38. The molecule has 4 aromatic rings. The first-order valence-corrected chi connectivity index (χ1v) is 11.4. The van der Waals surface area contributed by atoms with Crippen molar-refractivity contribution in [2.45, 2.75) is 19.4 Å². The molecule has 0 aliphatic rings. The topological polar surface area (TPSA) is 74.3 Å². The van der Waals surface area contributed by atoms with E-state index in [1.807, 2.05) is 74.7 Å². The number of carbonyl (C=O) groups is 1. The average molecular weight is 458 g/mol. The molecule has 7 heteroatoms. The van der Waals surface area contributed by atoms with E-state index in [4.69, 9.17) is 4.74 Å². The number of pyridine rings is 1. The van der Waals surface area contributed by atoms with Crippen LogP contribution in [0.2, 0.25) is 0 Å². The maximum atomic E-state index is 13.2. The first-order chi connectivity index (χ1) is 16.4. The van der Waals surface area contributed by atoms with Gasteiger partial charge >= 0.3 is 0 Å². The summed E-state index contributed by atoms with van der Waals surface area (Å²) >= 11 is 0. The first-order valence-electron chi connectivity index (χ1n) is 11.4. The summed E-state index contributed by atoms with van der Waals surface area (Å²) in [5.41, 5.74) is 5.34. The second-order valence-electron chi connectivity index (χ2n) is 8.65. The lowest BCUT2D eigenvalue weighted by molar-refractivity contribution is -0.135. The highest BCUT2D eigenvalue weighted by molar-refractivity contribution is 5.94. The van der Waals surface area contributed by atoms with Gasteiger partial charge in [0.25, 0.3) is 0 Å². The molecule has 0 saturated heterocycles. The summed E-state index contributed by atoms with van der Waals surface area (Å²) in [7, 11) is 7.40. The number of amides is 1. The predicted molar refractivity (Wildman–Crippen MR) is 136 cm³/mol. The van der Waals surface area contributed by atoms with Crippen LogP contribution in [-0.2, 0) is 4.79 Å². The highest BCUT2D eigenvalue weighted by atomic mass is 16.5. The Morgan fingerprint density at radius 1 is 1.06 bits per heavy atom. The van der Waals surface area contributed by atoms with Gasteiger partial charge in [-0.25, -0.2) is 4.98 Å². The number of nitrogens with one attached hydrogen (secondary N) is 1. The molecule has 176 valence electrons. The van der Waals surface area contributed by atoms with Crippen molar-refractivity contribution in [3.05, 3.63) is 66.4 Å². The van der Waals surface area contributed by atoms with E-state index in [1.54, 1.807) is 12.0 Å². The maximum Gasteiger partial charge on any atom is 0.244 e. The molecule has 1 unspecified atom stereocenters. The minimum atomic E-state index is -0.355. The van der Waals surface area contributed by atoms with E-state index in [0.717, 1.165) is 52.0 Å². The van der Waals surface area contributed by atoms with Crippen molar-refractivity contribution in [3.8, 4) is 28.1 Å². The van der Waals surface area contributed by atoms with Crippen molar-refractivity contribution in [1.29, 1.82) is 0 Å². The summed E-state index contributed by atoms with van der Waals surface area (Å²) in [5, 5.41) is 8.42. The molecule has 0 bridgehead atoms. The van der Waals surface area contributed by atoms with Crippen molar-refractivity contribution >= 4 is 16.9 Å². The third-order valence-electron chi connectivity index (χ3n) is 6.01. The average Bonchev–Trinajstić information content (AvgIpc) is 3.27. The molecule has 2 heterocycles. The molecule has 34 heavy (non-hydrogen) atoms. The normalized spacial score (nSPS) is 12.2. The zero-order valence-electron chi connectivity index (χ0n) is 20.4. The summed E-state index contributed by atoms with van der Waals surface area (Å²) in [5.74, 6) is 0.856. The van der Waals surface area contributed by atoms with Crippen LogP contribution in [0.15, 0.2) is 60.8 Å². The molecule has 2 aromatic heterocycles. The van der Waals surface area contributed by atoms with Gasteiger partial charge in [0, 0.05) is 36.3 Å². The third kappa shape index (κ3) is 4.52. The molecule has 0 spiro atoms. The van der Waals surface area contributed by atoms with Gasteiger partial charge in [0.2, 0.25) is 5.91 Å². The fourth-order valence-electron chi connectivity index (χ4n) is 4.32. The fraction of sp³-hybridized carbons (Fsp3) is 0.296. The van der Waals surface area contributed by atoms with Crippen molar-refractivity contribution in [2.24, 2.45) is 0 Å². The van der Waals surface area contributed by atoms with E-state index in [2.05, 4.69) is 34.2 Å². The van der Waals surface area contributed by atoms with Gasteiger partial charge in [0.1, 0.15) is 11.8 Å². The van der Waals surface area contributed by atoms with E-state index < -0.39 is 0 Å². The van der Waals surface area contributed by atoms with Crippen molar-refractivity contribution in [2.75, 3.05) is 34.8 Å². The predicted octanol–water partition coefficient (Wildman–Crippen LogP) is 4.77. The molecule has 4 rings (SSSR count). The summed E-state index contributed by atoms with van der Waals surface area (Å²) < 4.78 is 5.55. The molecule has 7 nitrogen and oxygen atoms in total. The number of fused-ring (bicyclic) bond motifs is 1. The Balaban J connectivity index is 1.76. The van der Waals surface area contributed by atoms with Gasteiger partial charge in [0.05, 0.1) is 12.8 Å². The lowest BCUT2D eigenvalue weighted by atomic mass is 9.98. The van der Waals surface area contributed by atoms with Gasteiger partial charge in [-0.05, 0) is 55.9 Å². The van der Waals surface area contributed by atoms with Crippen LogP contribution in [0.1, 0.15) is 24.9 Å². The fourth-order valence-corrected chi connectivity index (χ4v) is 4.32. The number of nitrogens with zero attached hydrogens (tertiary/aromatic N) is 4. The van der Waals surface area contributed by atoms with Crippen LogP contribution in [0.25, 0.3) is 33.4 Å². The van der Waals surface area contributed by atoms with Gasteiger partial charge in [-0.2, -0.15) is 5.10 Å². The molecule has 0 saturated carbocycles. The number of rotatable bonds is 8. The van der Waals surface area contributed by atoms with Crippen LogP contribution >= 0.6 is 0 Å². The quantitative estimate of drug-likeness (QED) is 0.412. The standard InChI is InChI=1S/C27H31N5O2/c1-6-14-32(4)27(33)25(31(2)3)19-11-9-10-18(15-19)20-16-22-24(29-30-26(22)28-17-20)21-12-7-8-13-23(21)34-5/h7-13,15-17,25H,6,14H2,1-5H3,(H,28,29,30). The van der Waals surface area contributed by atoms with Gasteiger partial charge in [-0.3, -0.25) is 14.8 Å². The zero-order valence-corrected chi connectivity index (χ0v) is 20.4. The Morgan fingerprint density at radius 2 is 1.85 bits per heavy atom. The SMILES string of the molecule is CCCN(C)C(=O)C(c1cccc(-c2cnc3n[nH]c(-c4ccccc4OC)c3c2)c1)N(C)C. The number of carbonyl (C=O) groups excluding carboxylic acids is 1. The number of hydrogen-bond donors (Lipinski definition) is 1. The summed E-state index contributed by atoms with van der Waals surface area (Å²) in [6.07, 6.45) is 2.75. The number of H-pyrrole nitrogens is 1. The largest absolute Gasteiger partial charge is 0.496 e. The third-order valence-corrected chi connectivity index (χ3v) is 6.01. The number of aromatic nitrogens is 3. The molecular formula is C27H31N5O2. The number of para-hydroxylation sites is 1. The van der Waals surface area contributed by atoms with E-state index in [0.29, 0.717) is 5.65 Å². The maximum absolute atomic E-state index is 13.2. The van der Waals surface area contributed by atoms with Gasteiger partial charge in [-0.15, -0.1) is 0 Å². The van der Waals surface area contributed by atoms with Crippen LogP contribution in [0.5, 0.6) is 5.75 Å². The first kappa shape index (κ1) is 23.4. The highest BCUT2D eigenvalue weighted by Gasteiger charge is 2.26. The minimum Gasteiger partial charge on any atom is -0.496 e. The summed E-state index contributed by atoms with van der Waals surface area (Å²) in [4.78, 5) is 21.5. The number of hydrogen-bond acceptors (Lipinski definition) is 5. The second-order valence-corrected chi connectivity index (χ2v) is 8.65. The van der Waals surface area contributed by atoms with Crippen molar-refractivity contribution in [3.63, 3.8) is 0 Å². The smallest absolute Gasteiger partial charge is 0.244 e. The van der Waals surface area contributed by atoms with E-state index in [9.17, 15) is 4.79 Å². The number of methoxy groups -OCH3 is 1. The monoisotopic (exact) mass is 457 g/mol. The zero-order chi connectivity index (χ0) is 24.2. The molecule has 1 amide bonds. The molecule has 0 radical (unpaired) electrons. The van der Waals surface area contributed by atoms with Gasteiger partial charge < -0.3 is 9.64 Å². The van der Waals surface area contributed by atoms with Crippen molar-refractivity contribution in [1.82, 2.24) is 25.0 Å². The van der Waals surface area contributed by atoms with Crippen LogP contribution < -0.4 is 4.74 Å². The molecule has 1 atom stereocenters. The Labute approximate surface area is 200 Å². The van der Waals surface area contributed by atoms with Gasteiger partial charge in [-0.1, -0.05) is 37.3 Å². The van der Waals surface area contributed by atoms with Crippen molar-refractivity contribution < 1.29 is 9.53 Å². The molecule has 0 aliphatic carbocycles. The van der Waals surface area contributed by atoms with E-state index in [1.165, 1.54) is 0 Å². The van der Waals surface area contributed by atoms with Crippen LogP contribution in [-0.4, -0.2) is 65.7 Å².